The lowest BCUT2D eigenvalue weighted by Gasteiger charge is -2.19. The van der Waals surface area contributed by atoms with Gasteiger partial charge in [-0.2, -0.15) is 0 Å². The average Bonchev–Trinajstić information content (AvgIpc) is 3.51. The molecule has 0 bridgehead atoms. The molecule has 41 heavy (non-hydrogen) atoms. The van der Waals surface area contributed by atoms with Crippen molar-refractivity contribution in [1.29, 1.82) is 0 Å². The second kappa shape index (κ2) is 8.23. The second-order valence-electron chi connectivity index (χ2n) is 10.5. The number of fused-ring (bicyclic) bond motifs is 10. The summed E-state index contributed by atoms with van der Waals surface area (Å²) < 4.78 is 18.1. The van der Waals surface area contributed by atoms with Gasteiger partial charge in [-0.3, -0.25) is 9.97 Å². The highest BCUT2D eigenvalue weighted by atomic mass is 31.2. The maximum absolute atomic E-state index is 15.8. The molecule has 1 atom stereocenters. The monoisotopic (exact) mass is 543 g/mol. The molecule has 3 aromatic heterocycles. The third kappa shape index (κ3) is 2.92. The van der Waals surface area contributed by atoms with Gasteiger partial charge < -0.3 is 9.13 Å². The van der Waals surface area contributed by atoms with E-state index in [9.17, 15) is 0 Å². The van der Waals surface area contributed by atoms with E-state index in [1.165, 1.54) is 0 Å². The van der Waals surface area contributed by atoms with Crippen molar-refractivity contribution in [2.45, 2.75) is 0 Å². The molecule has 0 N–H and O–H groups in total. The number of hydrogen-bond donors (Lipinski definition) is 0. The van der Waals surface area contributed by atoms with Crippen LogP contribution in [0.1, 0.15) is 0 Å². The lowest BCUT2D eigenvalue weighted by Crippen LogP contribution is -2.22. The Kier molecular flexibility index (Phi) is 4.57. The highest BCUT2D eigenvalue weighted by molar-refractivity contribution is 7.86. The summed E-state index contributed by atoms with van der Waals surface area (Å²) in [6, 6.07) is 41.4. The highest BCUT2D eigenvalue weighted by Gasteiger charge is 2.42. The number of para-hydroxylation sites is 1. The molecule has 5 heteroatoms. The summed E-state index contributed by atoms with van der Waals surface area (Å²) in [4.78, 5) is 9.48. The van der Waals surface area contributed by atoms with Crippen molar-refractivity contribution in [2.75, 3.05) is 0 Å². The maximum atomic E-state index is 15.8. The lowest BCUT2D eigenvalue weighted by atomic mass is 10.0. The number of benzene rings is 5. The van der Waals surface area contributed by atoms with E-state index in [0.29, 0.717) is 0 Å². The first-order chi connectivity index (χ1) is 20.2. The number of nitrogens with zero attached hydrogens (tertiary/aromatic N) is 3. The van der Waals surface area contributed by atoms with Crippen molar-refractivity contribution in [3.63, 3.8) is 0 Å². The van der Waals surface area contributed by atoms with Crippen molar-refractivity contribution in [1.82, 2.24) is 14.5 Å². The Labute approximate surface area is 235 Å². The van der Waals surface area contributed by atoms with Crippen molar-refractivity contribution in [3.05, 3.63) is 134 Å². The van der Waals surface area contributed by atoms with Crippen LogP contribution in [0.5, 0.6) is 0 Å². The van der Waals surface area contributed by atoms with E-state index in [2.05, 4.69) is 70.2 Å². The molecule has 0 fully saturated rings. The van der Waals surface area contributed by atoms with Crippen LogP contribution in [0, 0.1) is 0 Å². The number of pyridine rings is 2. The van der Waals surface area contributed by atoms with E-state index >= 15 is 4.57 Å². The van der Waals surface area contributed by atoms with E-state index in [1.807, 2.05) is 73.1 Å². The quantitative estimate of drug-likeness (QED) is 0.168. The topological polar surface area (TPSA) is 47.8 Å². The Hall–Kier alpha value is -5.05. The van der Waals surface area contributed by atoms with Crippen LogP contribution in [0.4, 0.5) is 0 Å². The van der Waals surface area contributed by atoms with Crippen molar-refractivity contribution in [2.24, 2.45) is 0 Å². The van der Waals surface area contributed by atoms with E-state index < -0.39 is 7.14 Å². The average molecular weight is 544 g/mol. The van der Waals surface area contributed by atoms with Gasteiger partial charge in [-0.25, -0.2) is 0 Å². The highest BCUT2D eigenvalue weighted by Crippen LogP contribution is 2.55. The van der Waals surface area contributed by atoms with E-state index in [4.69, 9.17) is 4.98 Å². The molecule has 192 valence electrons. The zero-order valence-corrected chi connectivity index (χ0v) is 22.8. The predicted octanol–water partition coefficient (Wildman–Crippen LogP) is 7.50. The van der Waals surface area contributed by atoms with E-state index in [-0.39, 0.29) is 0 Å². The van der Waals surface area contributed by atoms with Crippen LogP contribution in [0.25, 0.3) is 60.4 Å². The summed E-state index contributed by atoms with van der Waals surface area (Å²) >= 11 is 0. The zero-order valence-electron chi connectivity index (χ0n) is 21.9. The normalized spacial score (nSPS) is 16.0. The third-order valence-corrected chi connectivity index (χ3v) is 11.6. The summed E-state index contributed by atoms with van der Waals surface area (Å²) in [7, 11) is -3.21. The van der Waals surface area contributed by atoms with Gasteiger partial charge in [0.1, 0.15) is 0 Å². The lowest BCUT2D eigenvalue weighted by molar-refractivity contribution is 0.593. The zero-order chi connectivity index (χ0) is 27.1. The Morgan fingerprint density at radius 2 is 1.32 bits per heavy atom. The third-order valence-electron chi connectivity index (χ3n) is 8.46. The molecule has 0 saturated carbocycles. The minimum absolute atomic E-state index is 0.852. The molecular formula is C36H22N3OP. The SMILES string of the molecule is O=P1(c2ccccc2)c2ccccc2-c2ccc3c4ccccc4n(-c4cc5cccnc5c5ncccc45)c3c21. The molecule has 1 aliphatic rings. The van der Waals surface area contributed by atoms with Crippen LogP contribution in [0.15, 0.2) is 134 Å². The summed E-state index contributed by atoms with van der Waals surface area (Å²) in [5.41, 5.74) is 6.87. The first-order valence-corrected chi connectivity index (χ1v) is 15.4. The van der Waals surface area contributed by atoms with Crippen molar-refractivity contribution in [3.8, 4) is 16.8 Å². The van der Waals surface area contributed by atoms with Crippen LogP contribution in [0.3, 0.4) is 0 Å². The summed E-state index contributed by atoms with van der Waals surface area (Å²) in [5.74, 6) is 0. The first kappa shape index (κ1) is 22.7. The molecule has 9 rings (SSSR count). The summed E-state index contributed by atoms with van der Waals surface area (Å²) in [6.07, 6.45) is 3.64. The Bertz CT molecular complexity index is 2410. The van der Waals surface area contributed by atoms with Gasteiger partial charge in [-0.15, -0.1) is 0 Å². The van der Waals surface area contributed by atoms with E-state index in [0.717, 1.165) is 76.3 Å². The van der Waals surface area contributed by atoms with Gasteiger partial charge in [0.05, 0.1) is 33.1 Å². The van der Waals surface area contributed by atoms with Gasteiger partial charge in [-0.1, -0.05) is 91.0 Å². The molecule has 5 aromatic carbocycles. The molecule has 0 saturated heterocycles. The van der Waals surface area contributed by atoms with Crippen molar-refractivity contribution >= 4 is 66.7 Å². The Morgan fingerprint density at radius 3 is 2.22 bits per heavy atom. The van der Waals surface area contributed by atoms with E-state index in [1.54, 1.807) is 0 Å². The van der Waals surface area contributed by atoms with Gasteiger partial charge in [0.2, 0.25) is 0 Å². The molecule has 4 nitrogen and oxygen atoms in total. The fraction of sp³-hybridized carbons (Fsp3) is 0. The largest absolute Gasteiger partial charge is 0.309 e. The standard InChI is InChI=1S/C36H22N3OP/c40-41(24-11-2-1-3-12-24)32-17-7-5-14-26(32)28-19-18-27-25-13-4-6-16-30(25)39(35(27)36(28)41)31-22-23-10-8-20-37-33(23)34-29(31)15-9-21-38-34/h1-22H. The molecule has 8 aromatic rings. The molecule has 0 radical (unpaired) electrons. The Balaban J connectivity index is 1.54. The van der Waals surface area contributed by atoms with Crippen LogP contribution >= 0.6 is 7.14 Å². The first-order valence-electron chi connectivity index (χ1n) is 13.7. The van der Waals surface area contributed by atoms with Crippen LogP contribution in [-0.4, -0.2) is 14.5 Å². The molecule has 0 aliphatic carbocycles. The number of aromatic nitrogens is 3. The number of hydrogen-bond acceptors (Lipinski definition) is 3. The molecule has 0 amide bonds. The smallest absolute Gasteiger partial charge is 0.174 e. The van der Waals surface area contributed by atoms with Gasteiger partial charge in [0, 0.05) is 44.5 Å². The van der Waals surface area contributed by atoms with Crippen LogP contribution in [0.2, 0.25) is 0 Å². The molecule has 1 aliphatic heterocycles. The fourth-order valence-corrected chi connectivity index (χ4v) is 10.0. The number of rotatable bonds is 2. The minimum Gasteiger partial charge on any atom is -0.309 e. The minimum atomic E-state index is -3.21. The van der Waals surface area contributed by atoms with Gasteiger partial charge >= 0.3 is 0 Å². The van der Waals surface area contributed by atoms with Crippen molar-refractivity contribution < 1.29 is 4.57 Å². The summed E-state index contributed by atoms with van der Waals surface area (Å²) in [5, 5.41) is 6.90. The maximum Gasteiger partial charge on any atom is 0.174 e. The van der Waals surface area contributed by atoms with Crippen LogP contribution in [-0.2, 0) is 4.57 Å². The fourth-order valence-electron chi connectivity index (χ4n) is 6.77. The van der Waals surface area contributed by atoms with Gasteiger partial charge in [-0.05, 0) is 41.5 Å². The van der Waals surface area contributed by atoms with Gasteiger partial charge in [0.25, 0.3) is 0 Å². The molecule has 0 spiro atoms. The summed E-state index contributed by atoms with van der Waals surface area (Å²) in [6.45, 7) is 0. The molecule has 4 heterocycles. The predicted molar refractivity (Wildman–Crippen MR) is 170 cm³/mol. The van der Waals surface area contributed by atoms with Crippen LogP contribution < -0.4 is 15.9 Å². The Morgan fingerprint density at radius 1 is 0.585 bits per heavy atom. The molecular weight excluding hydrogens is 521 g/mol. The molecule has 1 unspecified atom stereocenters. The second-order valence-corrected chi connectivity index (χ2v) is 13.2. The van der Waals surface area contributed by atoms with Gasteiger partial charge in [0.15, 0.2) is 7.14 Å².